The van der Waals surface area contributed by atoms with Gasteiger partial charge in [-0.3, -0.25) is 14.4 Å². The van der Waals surface area contributed by atoms with Crippen LogP contribution in [-0.2, 0) is 58.9 Å². The Morgan fingerprint density at radius 3 is 1.73 bits per heavy atom. The molecule has 13 heteroatoms. The van der Waals surface area contributed by atoms with Crippen molar-refractivity contribution < 1.29 is 62.0 Å². The smallest absolute Gasteiger partial charge is 0.374 e. The van der Waals surface area contributed by atoms with Crippen LogP contribution in [0.4, 0.5) is 0 Å². The van der Waals surface area contributed by atoms with Gasteiger partial charge in [0, 0.05) is 25.0 Å². The van der Waals surface area contributed by atoms with Crippen LogP contribution in [0.25, 0.3) is 11.1 Å². The van der Waals surface area contributed by atoms with E-state index in [1.807, 2.05) is 18.2 Å². The predicted molar refractivity (Wildman–Crippen MR) is 218 cm³/mol. The lowest BCUT2D eigenvalue weighted by atomic mass is 9.80. The maximum Gasteiger partial charge on any atom is 0.374 e. The van der Waals surface area contributed by atoms with Crippen molar-refractivity contribution in [1.82, 2.24) is 0 Å². The first-order chi connectivity index (χ1) is 28.0. The van der Waals surface area contributed by atoms with Crippen LogP contribution in [-0.4, -0.2) is 74.4 Å². The lowest BCUT2D eigenvalue weighted by molar-refractivity contribution is -0.168. The molecule has 59 heavy (non-hydrogen) atoms. The molecule has 0 saturated heterocycles. The molecule has 0 unspecified atom stereocenters. The normalized spacial score (nSPS) is 14.9. The number of ketones is 2. The summed E-state index contributed by atoms with van der Waals surface area (Å²) in [7, 11) is 0. The molecule has 0 N–H and O–H groups in total. The molecular weight excluding hydrogens is 760 g/mol. The maximum atomic E-state index is 13.0. The summed E-state index contributed by atoms with van der Waals surface area (Å²) in [6.07, 6.45) is 9.43. The minimum atomic E-state index is -1.59. The molecule has 0 heterocycles. The summed E-state index contributed by atoms with van der Waals surface area (Å²) < 4.78 is 33.2. The van der Waals surface area contributed by atoms with Gasteiger partial charge in [-0.25, -0.2) is 19.2 Å². The zero-order chi connectivity index (χ0) is 43.5. The number of hydrogen-bond donors (Lipinski definition) is 0. The molecule has 13 nitrogen and oxygen atoms in total. The summed E-state index contributed by atoms with van der Waals surface area (Å²) >= 11 is 0. The molecule has 0 bridgehead atoms. The molecule has 0 amide bonds. The summed E-state index contributed by atoms with van der Waals surface area (Å²) in [4.78, 5) is 85.5. The van der Waals surface area contributed by atoms with Crippen LogP contribution in [0.3, 0.4) is 0 Å². The van der Waals surface area contributed by atoms with Gasteiger partial charge in [-0.1, -0.05) is 64.0 Å². The third-order valence-corrected chi connectivity index (χ3v) is 10.0. The second-order valence-electron chi connectivity index (χ2n) is 15.4. The number of Topliss-reactive ketones (excluding diaryl/α,β-unsaturated/α-hetero) is 2. The molecule has 0 spiro atoms. The van der Waals surface area contributed by atoms with Crippen LogP contribution >= 0.6 is 0 Å². The first kappa shape index (κ1) is 47.8. The first-order valence-corrected chi connectivity index (χ1v) is 20.1. The molecule has 0 aliphatic heterocycles. The first-order valence-electron chi connectivity index (χ1n) is 20.1. The van der Waals surface area contributed by atoms with E-state index in [9.17, 15) is 33.6 Å². The average Bonchev–Trinajstić information content (AvgIpc) is 3.21. The number of rotatable bonds is 24. The predicted octanol–water partition coefficient (Wildman–Crippen LogP) is 7.45. The van der Waals surface area contributed by atoms with Gasteiger partial charge < -0.3 is 28.4 Å². The highest BCUT2D eigenvalue weighted by Crippen LogP contribution is 2.34. The molecule has 0 atom stereocenters. The fraction of sp³-hybridized carbons (Fsp3) is 0.500. The number of carbonyl (C=O) groups is 7. The van der Waals surface area contributed by atoms with Crippen LogP contribution in [0, 0.1) is 17.3 Å². The Morgan fingerprint density at radius 1 is 0.644 bits per heavy atom. The second kappa shape index (κ2) is 23.7. The number of aryl methyl sites for hydroxylation is 1. The standard InChI is InChI=1S/C46H58O13/c1-8-9-10-12-34-14-16-36(17-15-34)45(53)59-39-21-18-35(19-22-39)37-20-23-40(38(25-37)13-11-24-54-41(49)30(2)3)55-26-46(27-56-42(50)31(4)5,28-57-43(51)32(6)47)29-58-44(52)33(7)48/h18-23,25,34,36H,2,4,8-17,24,26-29H2,1,3,5-7H3. The number of benzene rings is 2. The molecule has 1 fully saturated rings. The monoisotopic (exact) mass is 818 g/mol. The topological polar surface area (TPSA) is 175 Å². The summed E-state index contributed by atoms with van der Waals surface area (Å²) in [6.45, 7) is 12.4. The highest BCUT2D eigenvalue weighted by molar-refractivity contribution is 6.32. The van der Waals surface area contributed by atoms with Crippen LogP contribution in [0.2, 0.25) is 0 Å². The lowest BCUT2D eigenvalue weighted by Gasteiger charge is -2.32. The van der Waals surface area contributed by atoms with Gasteiger partial charge in [0.1, 0.15) is 43.3 Å². The van der Waals surface area contributed by atoms with Gasteiger partial charge >= 0.3 is 29.8 Å². The van der Waals surface area contributed by atoms with E-state index in [1.165, 1.54) is 32.6 Å². The SMILES string of the molecule is C=C(C)C(=O)OCCCc1cc(-c2ccc(OC(=O)C3CCC(CCCCC)CC3)cc2)ccc1OCC(COC(=O)C(=C)C)(COC(=O)C(C)=O)COC(=O)C(C)=O. The van der Waals surface area contributed by atoms with Crippen molar-refractivity contribution >= 4 is 41.4 Å². The van der Waals surface area contributed by atoms with Gasteiger partial charge in [0.05, 0.1) is 12.5 Å². The van der Waals surface area contributed by atoms with E-state index in [1.54, 1.807) is 31.2 Å². The number of hydrogen-bond acceptors (Lipinski definition) is 13. The van der Waals surface area contributed by atoms with Crippen LogP contribution in [0.1, 0.15) is 98.0 Å². The number of ether oxygens (including phenoxy) is 6. The highest BCUT2D eigenvalue weighted by Gasteiger charge is 2.38. The van der Waals surface area contributed by atoms with E-state index in [0.717, 1.165) is 50.7 Å². The van der Waals surface area contributed by atoms with Gasteiger partial charge in [-0.2, -0.15) is 0 Å². The van der Waals surface area contributed by atoms with Gasteiger partial charge in [-0.05, 0) is 99.2 Å². The number of unbranched alkanes of at least 4 members (excludes halogenated alkanes) is 2. The van der Waals surface area contributed by atoms with Crippen LogP contribution in [0.15, 0.2) is 66.8 Å². The van der Waals surface area contributed by atoms with E-state index in [-0.39, 0.29) is 36.2 Å². The molecule has 0 aromatic heterocycles. The number of carbonyl (C=O) groups excluding carboxylic acids is 7. The lowest BCUT2D eigenvalue weighted by Crippen LogP contribution is -2.45. The van der Waals surface area contributed by atoms with Crippen molar-refractivity contribution in [1.29, 1.82) is 0 Å². The zero-order valence-electron chi connectivity index (χ0n) is 35.0. The Bertz CT molecular complexity index is 1760. The fourth-order valence-electron chi connectivity index (χ4n) is 6.39. The van der Waals surface area contributed by atoms with Gasteiger partial charge in [0.15, 0.2) is 0 Å². The molecule has 2 aromatic rings. The molecule has 3 rings (SSSR count). The zero-order valence-corrected chi connectivity index (χ0v) is 35.0. The number of esters is 5. The van der Waals surface area contributed by atoms with Crippen molar-refractivity contribution in [3.63, 3.8) is 0 Å². The van der Waals surface area contributed by atoms with Gasteiger partial charge in [0.2, 0.25) is 11.6 Å². The van der Waals surface area contributed by atoms with E-state index < -0.39 is 60.7 Å². The van der Waals surface area contributed by atoms with E-state index in [4.69, 9.17) is 28.4 Å². The van der Waals surface area contributed by atoms with Crippen molar-refractivity contribution in [2.45, 2.75) is 98.8 Å². The molecular formula is C46H58O13. The minimum absolute atomic E-state index is 0.0631. The molecule has 1 aliphatic rings. The molecule has 2 aromatic carbocycles. The van der Waals surface area contributed by atoms with Crippen LogP contribution in [0.5, 0.6) is 11.5 Å². The Labute approximate surface area is 346 Å². The summed E-state index contributed by atoms with van der Waals surface area (Å²) in [5.74, 6) is -4.33. The summed E-state index contributed by atoms with van der Waals surface area (Å²) in [5, 5.41) is 0. The van der Waals surface area contributed by atoms with Crippen molar-refractivity contribution in [2.75, 3.05) is 33.0 Å². The van der Waals surface area contributed by atoms with Crippen LogP contribution < -0.4 is 9.47 Å². The van der Waals surface area contributed by atoms with Gasteiger partial charge in [0.25, 0.3) is 0 Å². The second-order valence-corrected chi connectivity index (χ2v) is 15.4. The third-order valence-electron chi connectivity index (χ3n) is 10.0. The third kappa shape index (κ3) is 15.9. The van der Waals surface area contributed by atoms with Crippen molar-refractivity contribution in [3.8, 4) is 22.6 Å². The average molecular weight is 819 g/mol. The Hall–Kier alpha value is -5.59. The van der Waals surface area contributed by atoms with E-state index in [2.05, 4.69) is 20.1 Å². The van der Waals surface area contributed by atoms with Gasteiger partial charge in [-0.15, -0.1) is 0 Å². The Morgan fingerprint density at radius 2 is 1.19 bits per heavy atom. The van der Waals surface area contributed by atoms with E-state index >= 15 is 0 Å². The molecule has 320 valence electrons. The quantitative estimate of drug-likeness (QED) is 0.0255. The Balaban J connectivity index is 1.87. The largest absolute Gasteiger partial charge is 0.492 e. The molecule has 0 radical (unpaired) electrons. The minimum Gasteiger partial charge on any atom is -0.492 e. The summed E-state index contributed by atoms with van der Waals surface area (Å²) in [6, 6.07) is 12.6. The molecule has 1 aliphatic carbocycles. The highest BCUT2D eigenvalue weighted by atomic mass is 16.6. The Kier molecular flexibility index (Phi) is 19.2. The fourth-order valence-corrected chi connectivity index (χ4v) is 6.39. The van der Waals surface area contributed by atoms with Crippen molar-refractivity contribution in [2.24, 2.45) is 17.3 Å². The van der Waals surface area contributed by atoms with Crippen molar-refractivity contribution in [3.05, 3.63) is 72.3 Å². The van der Waals surface area contributed by atoms with E-state index in [0.29, 0.717) is 35.8 Å². The molecule has 1 saturated carbocycles. The summed E-state index contributed by atoms with van der Waals surface area (Å²) in [5.41, 5.74) is 1.01. The maximum absolute atomic E-state index is 13.0.